The van der Waals surface area contributed by atoms with Crippen LogP contribution in [0.25, 0.3) is 10.1 Å². The summed E-state index contributed by atoms with van der Waals surface area (Å²) in [7, 11) is 0. The molecule has 0 aliphatic carbocycles. The first kappa shape index (κ1) is 17.8. The molecule has 0 radical (unpaired) electrons. The lowest BCUT2D eigenvalue weighted by Crippen LogP contribution is -2.25. The van der Waals surface area contributed by atoms with Crippen molar-refractivity contribution in [3.05, 3.63) is 83.8 Å². The molecule has 0 aliphatic rings. The molecule has 0 N–H and O–H groups in total. The number of anilines is 1. The average molecular weight is 376 g/mol. The molecule has 0 fully saturated rings. The molecule has 138 valence electrons. The highest BCUT2D eigenvalue weighted by molar-refractivity contribution is 7.17. The molecule has 2 aromatic heterocycles. The molecule has 3 nitrogen and oxygen atoms in total. The Balaban J connectivity index is 1.58. The number of unbranched alkanes of at least 4 members (excludes halogenated alkanes) is 1. The van der Waals surface area contributed by atoms with Crippen LogP contribution in [0.5, 0.6) is 0 Å². The Morgan fingerprint density at radius 3 is 2.81 bits per heavy atom. The van der Waals surface area contributed by atoms with E-state index < -0.39 is 0 Å². The van der Waals surface area contributed by atoms with Gasteiger partial charge < -0.3 is 9.47 Å². The number of thiophene rings is 1. The summed E-state index contributed by atoms with van der Waals surface area (Å²) in [6.07, 6.45) is 6.34. The maximum absolute atomic E-state index is 4.42. The lowest BCUT2D eigenvalue weighted by molar-refractivity contribution is 0.672. The van der Waals surface area contributed by atoms with Crippen LogP contribution in [0.2, 0.25) is 0 Å². The average Bonchev–Trinajstić information content (AvgIpc) is 3.34. The first-order valence-corrected chi connectivity index (χ1v) is 10.5. The fourth-order valence-electron chi connectivity index (χ4n) is 3.40. The Kier molecular flexibility index (Phi) is 5.54. The lowest BCUT2D eigenvalue weighted by Gasteiger charge is -2.25. The molecule has 4 rings (SSSR count). The summed E-state index contributed by atoms with van der Waals surface area (Å²) < 4.78 is 3.61. The molecule has 0 saturated heterocycles. The van der Waals surface area contributed by atoms with E-state index in [0.29, 0.717) is 0 Å². The maximum Gasteiger partial charge on any atom is 0.0951 e. The van der Waals surface area contributed by atoms with E-state index in [1.54, 1.807) is 11.3 Å². The molecule has 2 aromatic carbocycles. The molecule has 27 heavy (non-hydrogen) atoms. The molecule has 0 atom stereocenters. The van der Waals surface area contributed by atoms with Crippen molar-refractivity contribution in [3.63, 3.8) is 0 Å². The number of hydrogen-bond acceptors (Lipinski definition) is 3. The highest BCUT2D eigenvalue weighted by atomic mass is 32.1. The second kappa shape index (κ2) is 8.40. The van der Waals surface area contributed by atoms with Gasteiger partial charge in [-0.2, -0.15) is 0 Å². The van der Waals surface area contributed by atoms with Crippen molar-refractivity contribution in [1.82, 2.24) is 9.55 Å². The van der Waals surface area contributed by atoms with Gasteiger partial charge >= 0.3 is 0 Å². The number of rotatable bonds is 8. The SMILES string of the molecule is CCCCN(Cc1cncn1Cc1ccccc1)c1ccc2sccc2c1. The van der Waals surface area contributed by atoms with Crippen LogP contribution in [-0.4, -0.2) is 16.1 Å². The molecule has 0 aliphatic heterocycles. The smallest absolute Gasteiger partial charge is 0.0951 e. The van der Waals surface area contributed by atoms with Crippen LogP contribution in [0.15, 0.2) is 72.5 Å². The topological polar surface area (TPSA) is 21.1 Å². The number of aromatic nitrogens is 2. The Morgan fingerprint density at radius 1 is 1.07 bits per heavy atom. The van der Waals surface area contributed by atoms with E-state index in [1.165, 1.54) is 39.9 Å². The van der Waals surface area contributed by atoms with Crippen molar-refractivity contribution in [1.29, 1.82) is 0 Å². The van der Waals surface area contributed by atoms with Gasteiger partial charge in [-0.1, -0.05) is 43.7 Å². The highest BCUT2D eigenvalue weighted by Gasteiger charge is 2.12. The normalized spacial score (nSPS) is 11.1. The lowest BCUT2D eigenvalue weighted by atomic mass is 10.2. The van der Waals surface area contributed by atoms with Crippen LogP contribution in [0, 0.1) is 0 Å². The van der Waals surface area contributed by atoms with Gasteiger partial charge in [0.05, 0.1) is 18.6 Å². The van der Waals surface area contributed by atoms with Gasteiger partial charge in [0.15, 0.2) is 0 Å². The summed E-state index contributed by atoms with van der Waals surface area (Å²) in [6, 6.07) is 19.6. The van der Waals surface area contributed by atoms with Gasteiger partial charge in [0.2, 0.25) is 0 Å². The van der Waals surface area contributed by atoms with Crippen molar-refractivity contribution in [3.8, 4) is 0 Å². The van der Waals surface area contributed by atoms with Gasteiger partial charge in [-0.25, -0.2) is 4.98 Å². The van der Waals surface area contributed by atoms with Gasteiger partial charge in [-0.15, -0.1) is 11.3 Å². The van der Waals surface area contributed by atoms with Crippen molar-refractivity contribution in [2.24, 2.45) is 0 Å². The van der Waals surface area contributed by atoms with Crippen LogP contribution in [0.1, 0.15) is 31.0 Å². The third kappa shape index (κ3) is 4.22. The van der Waals surface area contributed by atoms with Crippen molar-refractivity contribution < 1.29 is 0 Å². The summed E-state index contributed by atoms with van der Waals surface area (Å²) in [5, 5.41) is 3.50. The summed E-state index contributed by atoms with van der Waals surface area (Å²) in [5.41, 5.74) is 3.85. The molecule has 0 bridgehead atoms. The zero-order valence-corrected chi connectivity index (χ0v) is 16.5. The first-order chi connectivity index (χ1) is 13.3. The van der Waals surface area contributed by atoms with E-state index in [-0.39, 0.29) is 0 Å². The quantitative estimate of drug-likeness (QED) is 0.379. The Morgan fingerprint density at radius 2 is 1.96 bits per heavy atom. The zero-order chi connectivity index (χ0) is 18.5. The summed E-state index contributed by atoms with van der Waals surface area (Å²) >= 11 is 1.80. The van der Waals surface area contributed by atoms with Crippen LogP contribution in [-0.2, 0) is 13.1 Å². The van der Waals surface area contributed by atoms with Crippen LogP contribution >= 0.6 is 11.3 Å². The van der Waals surface area contributed by atoms with Crippen molar-refractivity contribution >= 4 is 27.1 Å². The molecular weight excluding hydrogens is 350 g/mol. The Labute approximate surface area is 164 Å². The molecule has 4 heteroatoms. The van der Waals surface area contributed by atoms with Gasteiger partial charge in [-0.3, -0.25) is 0 Å². The largest absolute Gasteiger partial charge is 0.366 e. The maximum atomic E-state index is 4.42. The second-order valence-electron chi connectivity index (χ2n) is 6.92. The fraction of sp³-hybridized carbons (Fsp3) is 0.261. The van der Waals surface area contributed by atoms with Gasteiger partial charge in [-0.05, 0) is 47.0 Å². The standard InChI is InChI=1S/C23H25N3S/c1-2-3-12-25(21-9-10-23-20(14-21)11-13-27-23)17-22-15-24-18-26(22)16-19-7-5-4-6-8-19/h4-11,13-15,18H,2-3,12,16-17H2,1H3. The first-order valence-electron chi connectivity index (χ1n) is 9.58. The van der Waals surface area contributed by atoms with E-state index in [4.69, 9.17) is 0 Å². The molecular formula is C23H25N3S. The second-order valence-corrected chi connectivity index (χ2v) is 7.86. The third-order valence-electron chi connectivity index (χ3n) is 4.93. The summed E-state index contributed by atoms with van der Waals surface area (Å²) in [6.45, 7) is 5.05. The van der Waals surface area contributed by atoms with E-state index >= 15 is 0 Å². The van der Waals surface area contributed by atoms with Gasteiger partial charge in [0.25, 0.3) is 0 Å². The monoisotopic (exact) mass is 375 g/mol. The zero-order valence-electron chi connectivity index (χ0n) is 15.7. The van der Waals surface area contributed by atoms with Crippen molar-refractivity contribution in [2.45, 2.75) is 32.9 Å². The minimum absolute atomic E-state index is 0.862. The number of benzene rings is 2. The number of fused-ring (bicyclic) bond motifs is 1. The van der Waals surface area contributed by atoms with E-state index in [1.807, 2.05) is 12.5 Å². The predicted molar refractivity (Wildman–Crippen MR) is 116 cm³/mol. The predicted octanol–water partition coefficient (Wildman–Crippen LogP) is 5.95. The number of imidazole rings is 1. The third-order valence-corrected chi connectivity index (χ3v) is 5.83. The minimum Gasteiger partial charge on any atom is -0.366 e. The van der Waals surface area contributed by atoms with E-state index in [0.717, 1.165) is 19.6 Å². The number of nitrogens with zero attached hydrogens (tertiary/aromatic N) is 3. The Hall–Kier alpha value is -2.59. The number of hydrogen-bond donors (Lipinski definition) is 0. The minimum atomic E-state index is 0.862. The summed E-state index contributed by atoms with van der Waals surface area (Å²) in [5.74, 6) is 0. The van der Waals surface area contributed by atoms with Gasteiger partial charge in [0, 0.05) is 29.7 Å². The molecule has 0 amide bonds. The van der Waals surface area contributed by atoms with Crippen molar-refractivity contribution in [2.75, 3.05) is 11.4 Å². The van der Waals surface area contributed by atoms with Crippen LogP contribution in [0.4, 0.5) is 5.69 Å². The van der Waals surface area contributed by atoms with E-state index in [9.17, 15) is 0 Å². The fourth-order valence-corrected chi connectivity index (χ4v) is 4.17. The van der Waals surface area contributed by atoms with Crippen LogP contribution in [0.3, 0.4) is 0 Å². The van der Waals surface area contributed by atoms with E-state index in [2.05, 4.69) is 81.4 Å². The highest BCUT2D eigenvalue weighted by Crippen LogP contribution is 2.27. The molecule has 2 heterocycles. The summed E-state index contributed by atoms with van der Waals surface area (Å²) in [4.78, 5) is 6.91. The molecule has 0 saturated carbocycles. The van der Waals surface area contributed by atoms with Gasteiger partial charge in [0.1, 0.15) is 0 Å². The van der Waals surface area contributed by atoms with Crippen LogP contribution < -0.4 is 4.90 Å². The molecule has 0 unspecified atom stereocenters. The molecule has 0 spiro atoms. The Bertz CT molecular complexity index is 987. The molecule has 4 aromatic rings.